The van der Waals surface area contributed by atoms with Crippen LogP contribution in [0.5, 0.6) is 5.75 Å². The van der Waals surface area contributed by atoms with Crippen LogP contribution < -0.4 is 4.74 Å². The van der Waals surface area contributed by atoms with Gasteiger partial charge in [-0.1, -0.05) is 59.2 Å². The van der Waals surface area contributed by atoms with Gasteiger partial charge < -0.3 is 14.2 Å². The van der Waals surface area contributed by atoms with Gasteiger partial charge in [-0.15, -0.1) is 0 Å². The van der Waals surface area contributed by atoms with Gasteiger partial charge in [0.1, 0.15) is 17.0 Å². The van der Waals surface area contributed by atoms with Gasteiger partial charge in [0.25, 0.3) is 0 Å². The summed E-state index contributed by atoms with van der Waals surface area (Å²) in [4.78, 5) is 52.0. The number of allylic oxidation sites excluding steroid dienone is 1. The summed E-state index contributed by atoms with van der Waals surface area (Å²) in [6.07, 6.45) is 11.2. The molecule has 0 unspecified atom stereocenters. The lowest BCUT2D eigenvalue weighted by molar-refractivity contribution is -0.492. The molecule has 2 aromatic carbocycles. The summed E-state index contributed by atoms with van der Waals surface area (Å²) < 4.78 is 18.5. The smallest absolute Gasteiger partial charge is 0.311 e. The zero-order valence-electron chi connectivity index (χ0n) is 31.9. The average Bonchev–Trinajstić information content (AvgIpc) is 3.47. The molecule has 280 valence electrons. The molecule has 7 atom stereocenters. The molecule has 0 radical (unpaired) electrons. The predicted molar refractivity (Wildman–Crippen MR) is 198 cm³/mol. The van der Waals surface area contributed by atoms with E-state index in [4.69, 9.17) is 24.0 Å². The number of fused-ring (bicyclic) bond motifs is 3. The number of carbonyl (C=O) groups is 3. The topological polar surface area (TPSA) is 97.4 Å². The predicted octanol–water partition coefficient (Wildman–Crippen LogP) is 8.53. The van der Waals surface area contributed by atoms with Crippen molar-refractivity contribution in [2.75, 3.05) is 0 Å². The first-order valence-electron chi connectivity index (χ1n) is 20.0. The SMILES string of the molecule is CCc1ccc(C2=CC(=O)CCc3c2cc(CC)c(CC)c3CC)cc1OC(=O)CCC(=O)O[C@H]1O[C@H]2C[C@]3(C)CC[C@@H]4CCC[C@H]([C@@H]1C)[C@@]42OO3. The van der Waals surface area contributed by atoms with Gasteiger partial charge in [-0.05, 0) is 127 Å². The van der Waals surface area contributed by atoms with Crippen molar-refractivity contribution in [1.82, 2.24) is 0 Å². The first-order chi connectivity index (χ1) is 25.0. The maximum absolute atomic E-state index is 13.3. The summed E-state index contributed by atoms with van der Waals surface area (Å²) in [6.45, 7) is 12.8. The number of hydrogen-bond donors (Lipinski definition) is 0. The molecule has 5 fully saturated rings. The van der Waals surface area contributed by atoms with Crippen molar-refractivity contribution in [3.05, 3.63) is 69.3 Å². The van der Waals surface area contributed by atoms with E-state index in [1.54, 1.807) is 6.08 Å². The summed E-state index contributed by atoms with van der Waals surface area (Å²) in [6, 6.07) is 8.15. The third-order valence-electron chi connectivity index (χ3n) is 13.0. The Kier molecular flexibility index (Phi) is 10.6. The van der Waals surface area contributed by atoms with Crippen LogP contribution in [0.2, 0.25) is 0 Å². The minimum atomic E-state index is -0.703. The van der Waals surface area contributed by atoms with Gasteiger partial charge in [0.15, 0.2) is 5.78 Å². The second-order valence-corrected chi connectivity index (χ2v) is 16.0. The fourth-order valence-electron chi connectivity index (χ4n) is 10.3. The lowest BCUT2D eigenvalue weighted by Crippen LogP contribution is -2.68. The van der Waals surface area contributed by atoms with Gasteiger partial charge in [0, 0.05) is 24.7 Å². The Morgan fingerprint density at radius 3 is 2.40 bits per heavy atom. The molecule has 52 heavy (non-hydrogen) atoms. The van der Waals surface area contributed by atoms with Gasteiger partial charge >= 0.3 is 11.9 Å². The Morgan fingerprint density at radius 2 is 1.65 bits per heavy atom. The van der Waals surface area contributed by atoms with Crippen LogP contribution in [0.4, 0.5) is 0 Å². The van der Waals surface area contributed by atoms with Crippen molar-refractivity contribution >= 4 is 23.3 Å². The first-order valence-corrected chi connectivity index (χ1v) is 20.0. The summed E-state index contributed by atoms with van der Waals surface area (Å²) in [5.74, 6) is 0.0275. The van der Waals surface area contributed by atoms with Crippen LogP contribution in [0.15, 0.2) is 30.3 Å². The Morgan fingerprint density at radius 1 is 0.885 bits per heavy atom. The van der Waals surface area contributed by atoms with Crippen molar-refractivity contribution < 1.29 is 38.4 Å². The molecule has 3 heterocycles. The molecule has 0 amide bonds. The highest BCUT2D eigenvalue weighted by molar-refractivity contribution is 6.02. The van der Waals surface area contributed by atoms with E-state index in [0.717, 1.165) is 73.6 Å². The Labute approximate surface area is 308 Å². The number of carbonyl (C=O) groups excluding carboxylic acids is 3. The molecule has 2 saturated carbocycles. The first kappa shape index (κ1) is 37.0. The summed E-state index contributed by atoms with van der Waals surface area (Å²) in [7, 11) is 0. The third kappa shape index (κ3) is 6.58. The zero-order chi connectivity index (χ0) is 36.8. The number of benzene rings is 2. The minimum Gasteiger partial charge on any atom is -0.435 e. The van der Waals surface area contributed by atoms with E-state index >= 15 is 0 Å². The highest BCUT2D eigenvalue weighted by Gasteiger charge is 2.67. The van der Waals surface area contributed by atoms with Gasteiger partial charge in [0.2, 0.25) is 6.29 Å². The molecule has 0 N–H and O–H groups in total. The molecular formula is C44H56O8. The standard InChI is InChI=1S/C44H56O8/c1-7-27-14-15-29(35-24-31(45)16-17-34-33(10-4)32(9-3)28(8-2)22-36(34)35)23-38(27)48-40(46)18-19-41(47)50-42-26(5)37-13-11-12-30-20-21-43(6)25-39(49-42)44(30,37)52-51-43/h14-15,22-24,26,30,37,39,42H,7-13,16-21,25H2,1-6H3/t26-,30-,37+,39-,42+,43-,44-/m0/s1. The van der Waals surface area contributed by atoms with Gasteiger partial charge in [-0.3, -0.25) is 14.4 Å². The van der Waals surface area contributed by atoms with E-state index in [-0.39, 0.29) is 36.6 Å². The molecule has 3 aliphatic carbocycles. The number of hydrogen-bond acceptors (Lipinski definition) is 8. The lowest BCUT2D eigenvalue weighted by atomic mass is 9.59. The highest BCUT2D eigenvalue weighted by Crippen LogP contribution is 2.60. The molecule has 2 bridgehead atoms. The molecule has 6 aliphatic rings. The molecule has 2 aromatic rings. The molecule has 1 spiro atoms. The van der Waals surface area contributed by atoms with Crippen molar-refractivity contribution in [2.24, 2.45) is 17.8 Å². The van der Waals surface area contributed by atoms with Crippen LogP contribution in [0, 0.1) is 17.8 Å². The molecule has 0 aromatic heterocycles. The average molecular weight is 713 g/mol. The summed E-state index contributed by atoms with van der Waals surface area (Å²) >= 11 is 0. The normalized spacial score (nSPS) is 30.8. The highest BCUT2D eigenvalue weighted by atomic mass is 17.2. The monoisotopic (exact) mass is 712 g/mol. The number of aryl methyl sites for hydroxylation is 2. The maximum Gasteiger partial charge on any atom is 0.311 e. The van der Waals surface area contributed by atoms with Crippen molar-refractivity contribution in [3.63, 3.8) is 0 Å². The lowest BCUT2D eigenvalue weighted by Gasteiger charge is -2.59. The Bertz CT molecular complexity index is 1760. The van der Waals surface area contributed by atoms with Crippen LogP contribution in [-0.2, 0) is 65.7 Å². The van der Waals surface area contributed by atoms with Crippen molar-refractivity contribution in [2.45, 2.75) is 155 Å². The third-order valence-corrected chi connectivity index (χ3v) is 13.0. The molecular weight excluding hydrogens is 656 g/mol. The summed E-state index contributed by atoms with van der Waals surface area (Å²) in [5, 5.41) is 0. The van der Waals surface area contributed by atoms with E-state index < -0.39 is 29.4 Å². The Balaban J connectivity index is 1.05. The number of esters is 2. The molecule has 8 nitrogen and oxygen atoms in total. The number of ketones is 1. The van der Waals surface area contributed by atoms with E-state index in [1.807, 2.05) is 25.1 Å². The van der Waals surface area contributed by atoms with Crippen LogP contribution in [0.1, 0.15) is 138 Å². The fourth-order valence-corrected chi connectivity index (χ4v) is 10.3. The van der Waals surface area contributed by atoms with Gasteiger partial charge in [-0.2, -0.15) is 0 Å². The van der Waals surface area contributed by atoms with Gasteiger partial charge in [0.05, 0.1) is 18.9 Å². The quantitative estimate of drug-likeness (QED) is 0.137. The van der Waals surface area contributed by atoms with Crippen LogP contribution in [0.25, 0.3) is 5.57 Å². The van der Waals surface area contributed by atoms with Crippen LogP contribution in [0.3, 0.4) is 0 Å². The summed E-state index contributed by atoms with van der Waals surface area (Å²) in [5.41, 5.74) is 8.10. The van der Waals surface area contributed by atoms with Crippen LogP contribution >= 0.6 is 0 Å². The molecule has 8 heteroatoms. The second-order valence-electron chi connectivity index (χ2n) is 16.0. The number of rotatable bonds is 10. The molecule has 8 rings (SSSR count). The van der Waals surface area contributed by atoms with E-state index in [0.29, 0.717) is 37.4 Å². The molecule has 3 saturated heterocycles. The van der Waals surface area contributed by atoms with E-state index in [2.05, 4.69) is 40.7 Å². The van der Waals surface area contributed by atoms with Gasteiger partial charge in [-0.25, -0.2) is 9.78 Å². The van der Waals surface area contributed by atoms with E-state index in [1.165, 1.54) is 22.3 Å². The zero-order valence-corrected chi connectivity index (χ0v) is 31.9. The van der Waals surface area contributed by atoms with Crippen molar-refractivity contribution in [1.29, 1.82) is 0 Å². The molecule has 3 aliphatic heterocycles. The van der Waals surface area contributed by atoms with Crippen LogP contribution in [-0.4, -0.2) is 41.3 Å². The maximum atomic E-state index is 13.3. The fraction of sp³-hybridized carbons (Fsp3) is 0.614. The largest absolute Gasteiger partial charge is 0.435 e. The second kappa shape index (κ2) is 14.8. The minimum absolute atomic E-state index is 0.0680. The Hall–Kier alpha value is -3.33. The van der Waals surface area contributed by atoms with E-state index in [9.17, 15) is 14.4 Å². The number of ether oxygens (including phenoxy) is 3. The van der Waals surface area contributed by atoms with Crippen molar-refractivity contribution in [3.8, 4) is 5.75 Å².